The van der Waals surface area contributed by atoms with E-state index in [4.69, 9.17) is 0 Å². The van der Waals surface area contributed by atoms with Gasteiger partial charge < -0.3 is 4.90 Å². The van der Waals surface area contributed by atoms with E-state index in [1.165, 1.54) is 11.0 Å². The number of carbonyl (C=O) groups excluding carboxylic acids is 1. The summed E-state index contributed by atoms with van der Waals surface area (Å²) < 4.78 is 36.5. The molecule has 1 aromatic rings. The van der Waals surface area contributed by atoms with Gasteiger partial charge in [-0.15, -0.1) is 0 Å². The molecular weight excluding hydrogens is 295 g/mol. The van der Waals surface area contributed by atoms with Gasteiger partial charge in [0.25, 0.3) is 0 Å². The Morgan fingerprint density at radius 3 is 2.57 bits per heavy atom. The number of rotatable bonds is 4. The lowest BCUT2D eigenvalue weighted by Gasteiger charge is -2.32. The van der Waals surface area contributed by atoms with Gasteiger partial charge in [-0.25, -0.2) is 12.8 Å². The number of halogens is 1. The number of hydrogen-bond donors (Lipinski definition) is 1. The topological polar surface area (TPSA) is 66.5 Å². The molecule has 1 fully saturated rings. The molecule has 0 bridgehead atoms. The second-order valence-electron chi connectivity index (χ2n) is 5.86. The summed E-state index contributed by atoms with van der Waals surface area (Å²) >= 11 is 0. The molecule has 1 aromatic carbocycles. The number of sulfone groups is 1. The minimum Gasteiger partial charge on any atom is -0.320 e. The van der Waals surface area contributed by atoms with Gasteiger partial charge in [0.2, 0.25) is 5.91 Å². The Morgan fingerprint density at radius 2 is 2.00 bits per heavy atom. The largest absolute Gasteiger partial charge is 0.320 e. The minimum absolute atomic E-state index is 0.0106. The fourth-order valence-electron chi connectivity index (χ4n) is 2.22. The van der Waals surface area contributed by atoms with Gasteiger partial charge in [0, 0.05) is 18.4 Å². The Bertz CT molecular complexity index is 658. The fraction of sp³-hybridized carbons (Fsp3) is 0.500. The molecule has 1 N–H and O–H groups in total. The van der Waals surface area contributed by atoms with Gasteiger partial charge in [-0.05, 0) is 19.9 Å². The standard InChI is InChI=1S/C14H19FN2O3S/c1-14(2,21(3,19)20)9-17-12(18)8-16-13(17)10-6-4-5-7-11(10)15/h4-7,13,16H,8-9H2,1-3H3. The molecule has 21 heavy (non-hydrogen) atoms. The van der Waals surface area contributed by atoms with Crippen LogP contribution in [0.4, 0.5) is 4.39 Å². The van der Waals surface area contributed by atoms with E-state index < -0.39 is 26.6 Å². The molecule has 1 heterocycles. The number of nitrogens with one attached hydrogen (secondary N) is 1. The Kier molecular flexibility index (Phi) is 4.08. The fourth-order valence-corrected chi connectivity index (χ4v) is 2.59. The summed E-state index contributed by atoms with van der Waals surface area (Å²) in [6, 6.07) is 6.16. The maximum atomic E-state index is 13.9. The smallest absolute Gasteiger partial charge is 0.238 e. The molecule has 5 nitrogen and oxygen atoms in total. The van der Waals surface area contributed by atoms with Crippen LogP contribution in [-0.2, 0) is 14.6 Å². The van der Waals surface area contributed by atoms with E-state index in [1.54, 1.807) is 32.0 Å². The van der Waals surface area contributed by atoms with E-state index >= 15 is 0 Å². The third-order valence-electron chi connectivity index (χ3n) is 3.83. The SMILES string of the molecule is CC(C)(CN1C(=O)CNC1c1ccccc1F)S(C)(=O)=O. The lowest BCUT2D eigenvalue weighted by atomic mass is 10.1. The highest BCUT2D eigenvalue weighted by molar-refractivity contribution is 7.92. The molecule has 116 valence electrons. The normalized spacial score (nSPS) is 20.1. The zero-order valence-electron chi connectivity index (χ0n) is 12.3. The lowest BCUT2D eigenvalue weighted by Crippen LogP contribution is -2.46. The molecule has 0 spiro atoms. The van der Waals surface area contributed by atoms with E-state index in [-0.39, 0.29) is 19.0 Å². The first-order chi connectivity index (χ1) is 9.63. The van der Waals surface area contributed by atoms with E-state index in [0.717, 1.165) is 6.26 Å². The molecule has 0 saturated carbocycles. The van der Waals surface area contributed by atoms with Crippen LogP contribution in [0, 0.1) is 5.82 Å². The molecule has 2 rings (SSSR count). The first kappa shape index (κ1) is 15.9. The highest BCUT2D eigenvalue weighted by atomic mass is 32.2. The summed E-state index contributed by atoms with van der Waals surface area (Å²) in [7, 11) is -3.34. The van der Waals surface area contributed by atoms with Crippen molar-refractivity contribution in [1.82, 2.24) is 10.2 Å². The van der Waals surface area contributed by atoms with Gasteiger partial charge in [-0.2, -0.15) is 0 Å². The van der Waals surface area contributed by atoms with Gasteiger partial charge in [0.15, 0.2) is 9.84 Å². The molecule has 7 heteroatoms. The van der Waals surface area contributed by atoms with Crippen LogP contribution in [0.2, 0.25) is 0 Å². The Balaban J connectivity index is 2.33. The summed E-state index contributed by atoms with van der Waals surface area (Å²) in [6.07, 6.45) is 0.499. The maximum Gasteiger partial charge on any atom is 0.238 e. The number of benzene rings is 1. The molecule has 1 amide bonds. The molecular formula is C14H19FN2O3S. The number of hydrogen-bond acceptors (Lipinski definition) is 4. The van der Waals surface area contributed by atoms with Gasteiger partial charge in [-0.3, -0.25) is 10.1 Å². The summed E-state index contributed by atoms with van der Waals surface area (Å²) in [5, 5.41) is 2.93. The molecule has 0 radical (unpaired) electrons. The number of amides is 1. The van der Waals surface area contributed by atoms with E-state index in [0.29, 0.717) is 5.56 Å². The molecule has 1 saturated heterocycles. The van der Waals surface area contributed by atoms with Crippen LogP contribution in [0.15, 0.2) is 24.3 Å². The average molecular weight is 314 g/mol. The third-order valence-corrected chi connectivity index (χ3v) is 5.97. The van der Waals surface area contributed by atoms with Crippen LogP contribution in [0.1, 0.15) is 25.6 Å². The van der Waals surface area contributed by atoms with Crippen molar-refractivity contribution >= 4 is 15.7 Å². The van der Waals surface area contributed by atoms with Crippen LogP contribution in [-0.4, -0.2) is 43.3 Å². The minimum atomic E-state index is -3.34. The molecule has 1 unspecified atom stereocenters. The number of nitrogens with zero attached hydrogens (tertiary/aromatic N) is 1. The molecule has 0 aromatic heterocycles. The van der Waals surface area contributed by atoms with Gasteiger partial charge >= 0.3 is 0 Å². The predicted octanol–water partition coefficient (Wildman–Crippen LogP) is 1.08. The highest BCUT2D eigenvalue weighted by Crippen LogP contribution is 2.28. The van der Waals surface area contributed by atoms with E-state index in [9.17, 15) is 17.6 Å². The Labute approximate surface area is 124 Å². The maximum absolute atomic E-state index is 13.9. The van der Waals surface area contributed by atoms with E-state index in [2.05, 4.69) is 5.32 Å². The van der Waals surface area contributed by atoms with Crippen molar-refractivity contribution in [3.05, 3.63) is 35.6 Å². The van der Waals surface area contributed by atoms with Crippen molar-refractivity contribution in [2.24, 2.45) is 0 Å². The summed E-state index contributed by atoms with van der Waals surface area (Å²) in [4.78, 5) is 13.4. The van der Waals surface area contributed by atoms with Crippen LogP contribution in [0.5, 0.6) is 0 Å². The van der Waals surface area contributed by atoms with Crippen LogP contribution in [0.25, 0.3) is 0 Å². The molecule has 1 aliphatic rings. The van der Waals surface area contributed by atoms with Crippen molar-refractivity contribution in [2.75, 3.05) is 19.3 Å². The highest BCUT2D eigenvalue weighted by Gasteiger charge is 2.40. The van der Waals surface area contributed by atoms with Gasteiger partial charge in [0.05, 0.1) is 11.3 Å². The summed E-state index contributed by atoms with van der Waals surface area (Å²) in [6.45, 7) is 3.20. The Morgan fingerprint density at radius 1 is 1.38 bits per heavy atom. The van der Waals surface area contributed by atoms with Crippen molar-refractivity contribution in [1.29, 1.82) is 0 Å². The first-order valence-corrected chi connectivity index (χ1v) is 8.49. The first-order valence-electron chi connectivity index (χ1n) is 6.60. The van der Waals surface area contributed by atoms with Gasteiger partial charge in [0.1, 0.15) is 12.0 Å². The average Bonchev–Trinajstić information content (AvgIpc) is 2.70. The summed E-state index contributed by atoms with van der Waals surface area (Å²) in [5.74, 6) is -0.660. The second kappa shape index (κ2) is 5.38. The number of carbonyl (C=O) groups is 1. The monoisotopic (exact) mass is 314 g/mol. The van der Waals surface area contributed by atoms with Crippen LogP contribution < -0.4 is 5.32 Å². The third kappa shape index (κ3) is 3.08. The van der Waals surface area contributed by atoms with E-state index in [1.807, 2.05) is 0 Å². The van der Waals surface area contributed by atoms with Crippen LogP contribution >= 0.6 is 0 Å². The molecule has 1 atom stereocenters. The van der Waals surface area contributed by atoms with Crippen molar-refractivity contribution < 1.29 is 17.6 Å². The zero-order valence-corrected chi connectivity index (χ0v) is 13.1. The Hall–Kier alpha value is -1.47. The van der Waals surface area contributed by atoms with Crippen molar-refractivity contribution in [2.45, 2.75) is 24.8 Å². The molecule has 0 aliphatic carbocycles. The zero-order chi connectivity index (χ0) is 15.8. The quantitative estimate of drug-likeness (QED) is 0.903. The van der Waals surface area contributed by atoms with Gasteiger partial charge in [-0.1, -0.05) is 18.2 Å². The predicted molar refractivity (Wildman–Crippen MR) is 77.8 cm³/mol. The van der Waals surface area contributed by atoms with Crippen molar-refractivity contribution in [3.8, 4) is 0 Å². The molecule has 1 aliphatic heterocycles. The van der Waals surface area contributed by atoms with Crippen LogP contribution in [0.3, 0.4) is 0 Å². The lowest BCUT2D eigenvalue weighted by molar-refractivity contribution is -0.128. The second-order valence-corrected chi connectivity index (χ2v) is 8.51. The summed E-state index contributed by atoms with van der Waals surface area (Å²) in [5.41, 5.74) is 0.340. The van der Waals surface area contributed by atoms with Crippen molar-refractivity contribution in [3.63, 3.8) is 0 Å².